The Morgan fingerprint density at radius 2 is 1.95 bits per heavy atom. The second kappa shape index (κ2) is 8.47. The Labute approximate surface area is 127 Å². The zero-order valence-electron chi connectivity index (χ0n) is 12.1. The second-order valence-electron chi connectivity index (χ2n) is 5.71. The van der Waals surface area contributed by atoms with Crippen molar-refractivity contribution in [1.82, 2.24) is 9.80 Å². The molecule has 20 heavy (non-hydrogen) atoms. The third kappa shape index (κ3) is 4.63. The fourth-order valence-electron chi connectivity index (χ4n) is 2.90. The van der Waals surface area contributed by atoms with Gasteiger partial charge in [0.05, 0.1) is 6.54 Å². The zero-order valence-corrected chi connectivity index (χ0v) is 12.9. The lowest BCUT2D eigenvalue weighted by atomic mass is 10.1. The summed E-state index contributed by atoms with van der Waals surface area (Å²) in [5.41, 5.74) is 5.64. The Bertz CT molecular complexity index is 338. The van der Waals surface area contributed by atoms with Crippen molar-refractivity contribution in [3.8, 4) is 0 Å². The maximum Gasteiger partial charge on any atom is 0.242 e. The van der Waals surface area contributed by atoms with E-state index in [-0.39, 0.29) is 30.8 Å². The van der Waals surface area contributed by atoms with Gasteiger partial charge in [0, 0.05) is 26.1 Å². The van der Waals surface area contributed by atoms with Gasteiger partial charge in [-0.3, -0.25) is 9.59 Å². The lowest BCUT2D eigenvalue weighted by Gasteiger charge is -2.26. The first-order valence-corrected chi connectivity index (χ1v) is 7.46. The summed E-state index contributed by atoms with van der Waals surface area (Å²) >= 11 is 0. The van der Waals surface area contributed by atoms with Gasteiger partial charge in [0.2, 0.25) is 11.8 Å². The molecular weight excluding hydrogens is 278 g/mol. The van der Waals surface area contributed by atoms with Crippen molar-refractivity contribution in [2.24, 2.45) is 11.7 Å². The molecule has 6 heteroatoms. The van der Waals surface area contributed by atoms with Crippen molar-refractivity contribution >= 4 is 24.2 Å². The van der Waals surface area contributed by atoms with E-state index in [1.165, 1.54) is 0 Å². The van der Waals surface area contributed by atoms with E-state index in [1.807, 2.05) is 4.90 Å². The Hall–Kier alpha value is -0.810. The first-order valence-electron chi connectivity index (χ1n) is 7.46. The van der Waals surface area contributed by atoms with Gasteiger partial charge in [-0.2, -0.15) is 0 Å². The highest BCUT2D eigenvalue weighted by atomic mass is 35.5. The number of nitrogens with two attached hydrogens (primary N) is 1. The number of rotatable bonds is 3. The molecule has 0 saturated carbocycles. The third-order valence-corrected chi connectivity index (χ3v) is 4.22. The fourth-order valence-corrected chi connectivity index (χ4v) is 2.90. The number of likely N-dealkylation sites (tertiary alicyclic amines) is 2. The molecule has 2 saturated heterocycles. The number of nitrogens with zero attached hydrogens (tertiary/aromatic N) is 2. The molecule has 2 fully saturated rings. The van der Waals surface area contributed by atoms with Crippen molar-refractivity contribution in [2.45, 2.75) is 38.5 Å². The van der Waals surface area contributed by atoms with E-state index in [0.717, 1.165) is 51.7 Å². The van der Waals surface area contributed by atoms with Crippen LogP contribution >= 0.6 is 12.4 Å². The molecule has 5 nitrogen and oxygen atoms in total. The molecule has 0 bridgehead atoms. The van der Waals surface area contributed by atoms with Gasteiger partial charge in [-0.15, -0.1) is 12.4 Å². The second-order valence-corrected chi connectivity index (χ2v) is 5.71. The Morgan fingerprint density at radius 3 is 2.65 bits per heavy atom. The molecule has 2 amide bonds. The van der Waals surface area contributed by atoms with Gasteiger partial charge in [0.1, 0.15) is 0 Å². The van der Waals surface area contributed by atoms with Gasteiger partial charge in [-0.25, -0.2) is 0 Å². The topological polar surface area (TPSA) is 66.6 Å². The minimum Gasteiger partial charge on any atom is -0.341 e. The van der Waals surface area contributed by atoms with E-state index < -0.39 is 0 Å². The van der Waals surface area contributed by atoms with Crippen LogP contribution in [0.5, 0.6) is 0 Å². The molecule has 0 aliphatic carbocycles. The van der Waals surface area contributed by atoms with Gasteiger partial charge in [-0.1, -0.05) is 12.8 Å². The monoisotopic (exact) mass is 303 g/mol. The highest BCUT2D eigenvalue weighted by Crippen LogP contribution is 2.16. The van der Waals surface area contributed by atoms with Crippen LogP contribution < -0.4 is 5.73 Å². The first-order chi connectivity index (χ1) is 9.20. The van der Waals surface area contributed by atoms with E-state index in [2.05, 4.69) is 0 Å². The molecule has 0 aromatic rings. The molecule has 0 aromatic carbocycles. The minimum atomic E-state index is 0. The van der Waals surface area contributed by atoms with Crippen LogP contribution in [-0.4, -0.2) is 54.3 Å². The summed E-state index contributed by atoms with van der Waals surface area (Å²) in [4.78, 5) is 27.8. The maximum atomic E-state index is 12.2. The molecule has 2 aliphatic heterocycles. The third-order valence-electron chi connectivity index (χ3n) is 4.22. The predicted octanol–water partition coefficient (Wildman–Crippen LogP) is 1.01. The average Bonchev–Trinajstić information content (AvgIpc) is 2.87. The minimum absolute atomic E-state index is 0. The normalized spacial score (nSPS) is 24.1. The van der Waals surface area contributed by atoms with Crippen molar-refractivity contribution in [1.29, 1.82) is 0 Å². The summed E-state index contributed by atoms with van der Waals surface area (Å²) in [5.74, 6) is 0.666. The highest BCUT2D eigenvalue weighted by molar-refractivity contribution is 5.85. The van der Waals surface area contributed by atoms with Crippen LogP contribution in [0, 0.1) is 5.92 Å². The average molecular weight is 304 g/mol. The van der Waals surface area contributed by atoms with Crippen LogP contribution in [0.1, 0.15) is 38.5 Å². The standard InChI is InChI=1S/C14H25N3O2.ClH/c15-9-12-6-8-17(10-12)14(19)11-16-7-4-2-1-3-5-13(16)18;/h12H,1-11,15H2;1H. The van der Waals surface area contributed by atoms with Crippen LogP contribution in [0.25, 0.3) is 0 Å². The lowest BCUT2D eigenvalue weighted by Crippen LogP contribution is -2.43. The van der Waals surface area contributed by atoms with Gasteiger partial charge in [0.15, 0.2) is 0 Å². The molecule has 0 spiro atoms. The molecule has 2 rings (SSSR count). The Morgan fingerprint density at radius 1 is 1.20 bits per heavy atom. The highest BCUT2D eigenvalue weighted by Gasteiger charge is 2.27. The molecule has 1 atom stereocenters. The first kappa shape index (κ1) is 17.2. The van der Waals surface area contributed by atoms with Crippen LogP contribution in [0.3, 0.4) is 0 Å². The smallest absolute Gasteiger partial charge is 0.242 e. The maximum absolute atomic E-state index is 12.2. The van der Waals surface area contributed by atoms with Crippen LogP contribution in [-0.2, 0) is 9.59 Å². The van der Waals surface area contributed by atoms with E-state index in [0.29, 0.717) is 18.9 Å². The Balaban J connectivity index is 0.00000200. The number of amides is 2. The molecule has 116 valence electrons. The number of halogens is 1. The summed E-state index contributed by atoms with van der Waals surface area (Å²) in [6.45, 7) is 3.20. The van der Waals surface area contributed by atoms with Crippen LogP contribution in [0.2, 0.25) is 0 Å². The largest absolute Gasteiger partial charge is 0.341 e. The quantitative estimate of drug-likeness (QED) is 0.846. The van der Waals surface area contributed by atoms with Crippen molar-refractivity contribution in [3.63, 3.8) is 0 Å². The zero-order chi connectivity index (χ0) is 13.7. The SMILES string of the molecule is Cl.NCC1CCN(C(=O)CN2CCCCCCC2=O)C1. The molecule has 1 unspecified atom stereocenters. The lowest BCUT2D eigenvalue weighted by molar-refractivity contribution is -0.140. The van der Waals surface area contributed by atoms with E-state index in [1.54, 1.807) is 4.90 Å². The number of carbonyl (C=O) groups is 2. The number of hydrogen-bond donors (Lipinski definition) is 1. The predicted molar refractivity (Wildman–Crippen MR) is 80.7 cm³/mol. The van der Waals surface area contributed by atoms with E-state index in [9.17, 15) is 9.59 Å². The molecule has 2 aliphatic rings. The van der Waals surface area contributed by atoms with Gasteiger partial charge < -0.3 is 15.5 Å². The van der Waals surface area contributed by atoms with Crippen molar-refractivity contribution in [3.05, 3.63) is 0 Å². The molecule has 2 heterocycles. The summed E-state index contributed by atoms with van der Waals surface area (Å²) < 4.78 is 0. The van der Waals surface area contributed by atoms with Crippen molar-refractivity contribution < 1.29 is 9.59 Å². The number of carbonyl (C=O) groups excluding carboxylic acids is 2. The van der Waals surface area contributed by atoms with Gasteiger partial charge in [-0.05, 0) is 31.7 Å². The summed E-state index contributed by atoms with van der Waals surface area (Å²) in [6, 6.07) is 0. The van der Waals surface area contributed by atoms with E-state index in [4.69, 9.17) is 5.73 Å². The van der Waals surface area contributed by atoms with Crippen LogP contribution in [0.15, 0.2) is 0 Å². The van der Waals surface area contributed by atoms with Gasteiger partial charge in [0.25, 0.3) is 0 Å². The van der Waals surface area contributed by atoms with Crippen LogP contribution in [0.4, 0.5) is 0 Å². The molecule has 0 aromatic heterocycles. The summed E-state index contributed by atoms with van der Waals surface area (Å²) in [7, 11) is 0. The summed E-state index contributed by atoms with van der Waals surface area (Å²) in [5, 5.41) is 0. The Kier molecular flexibility index (Phi) is 7.30. The number of hydrogen-bond acceptors (Lipinski definition) is 3. The molecule has 2 N–H and O–H groups in total. The molecule has 0 radical (unpaired) electrons. The molecular formula is C14H26ClN3O2. The van der Waals surface area contributed by atoms with Crippen molar-refractivity contribution in [2.75, 3.05) is 32.7 Å². The van der Waals surface area contributed by atoms with Gasteiger partial charge >= 0.3 is 0 Å². The fraction of sp³-hybridized carbons (Fsp3) is 0.857. The van der Waals surface area contributed by atoms with E-state index >= 15 is 0 Å². The summed E-state index contributed by atoms with van der Waals surface area (Å²) in [6.07, 6.45) is 5.87.